The van der Waals surface area contributed by atoms with Crippen LogP contribution in [0.1, 0.15) is 66.2 Å². The van der Waals surface area contributed by atoms with E-state index in [0.717, 1.165) is 18.8 Å². The first-order valence-corrected chi connectivity index (χ1v) is 8.69. The topological polar surface area (TPSA) is 58.3 Å². The van der Waals surface area contributed by atoms with Crippen molar-refractivity contribution in [2.45, 2.75) is 84.5 Å². The van der Waals surface area contributed by atoms with E-state index >= 15 is 0 Å². The molecule has 0 aromatic carbocycles. The van der Waals surface area contributed by atoms with Crippen molar-refractivity contribution in [2.75, 3.05) is 0 Å². The molecule has 1 rings (SSSR count). The molecular formula is C18H34N2O2. The van der Waals surface area contributed by atoms with Gasteiger partial charge >= 0.3 is 0 Å². The highest BCUT2D eigenvalue weighted by Gasteiger charge is 2.30. The van der Waals surface area contributed by atoms with Gasteiger partial charge in [0.15, 0.2) is 0 Å². The molecule has 4 heteroatoms. The van der Waals surface area contributed by atoms with Crippen LogP contribution in [-0.4, -0.2) is 31.7 Å². The molecule has 0 aliphatic carbocycles. The first-order chi connectivity index (χ1) is 10.3. The van der Waals surface area contributed by atoms with E-state index in [2.05, 4.69) is 25.9 Å². The number of nitrogens with zero attached hydrogens (tertiary/aromatic N) is 2. The van der Waals surface area contributed by atoms with E-state index in [1.807, 2.05) is 6.07 Å². The summed E-state index contributed by atoms with van der Waals surface area (Å²) in [5.74, 6) is 1.48. The Bertz CT molecular complexity index is 388. The fraction of sp³-hybridized carbons (Fsp3) is 0.833. The lowest BCUT2D eigenvalue weighted by molar-refractivity contribution is -0.0765. The fourth-order valence-corrected chi connectivity index (χ4v) is 2.78. The maximum Gasteiger partial charge on any atom is 0.102 e. The number of aliphatic hydroxyl groups is 2. The minimum absolute atomic E-state index is 0.337. The van der Waals surface area contributed by atoms with E-state index in [9.17, 15) is 10.2 Å². The Morgan fingerprint density at radius 1 is 1.14 bits per heavy atom. The molecule has 0 saturated heterocycles. The molecule has 0 saturated carbocycles. The van der Waals surface area contributed by atoms with Gasteiger partial charge in [-0.15, -0.1) is 0 Å². The van der Waals surface area contributed by atoms with Gasteiger partial charge in [0.25, 0.3) is 0 Å². The van der Waals surface area contributed by atoms with Crippen molar-refractivity contribution in [3.05, 3.63) is 18.5 Å². The fourth-order valence-electron chi connectivity index (χ4n) is 2.78. The summed E-state index contributed by atoms with van der Waals surface area (Å²) in [6, 6.07) is 1.82. The van der Waals surface area contributed by atoms with Gasteiger partial charge < -0.3 is 10.2 Å². The van der Waals surface area contributed by atoms with Crippen LogP contribution in [0.2, 0.25) is 0 Å². The predicted molar refractivity (Wildman–Crippen MR) is 90.6 cm³/mol. The van der Waals surface area contributed by atoms with Crippen LogP contribution in [0, 0.1) is 11.8 Å². The van der Waals surface area contributed by atoms with Crippen molar-refractivity contribution in [1.29, 1.82) is 0 Å². The molecular weight excluding hydrogens is 276 g/mol. The van der Waals surface area contributed by atoms with Crippen molar-refractivity contribution in [1.82, 2.24) is 9.78 Å². The van der Waals surface area contributed by atoms with Crippen molar-refractivity contribution in [2.24, 2.45) is 11.8 Å². The molecule has 0 aliphatic heterocycles. The van der Waals surface area contributed by atoms with Crippen LogP contribution in [0.25, 0.3) is 0 Å². The summed E-state index contributed by atoms with van der Waals surface area (Å²) in [6.45, 7) is 8.88. The number of aromatic nitrogens is 2. The Labute approximate surface area is 135 Å². The second-order valence-electron chi connectivity index (χ2n) is 7.42. The number of hydrogen-bond acceptors (Lipinski definition) is 3. The summed E-state index contributed by atoms with van der Waals surface area (Å²) >= 11 is 0. The van der Waals surface area contributed by atoms with Gasteiger partial charge in [-0.05, 0) is 31.2 Å². The van der Waals surface area contributed by atoms with E-state index in [1.54, 1.807) is 24.0 Å². The van der Waals surface area contributed by atoms with Crippen LogP contribution < -0.4 is 0 Å². The molecule has 22 heavy (non-hydrogen) atoms. The molecule has 128 valence electrons. The van der Waals surface area contributed by atoms with Gasteiger partial charge in [-0.2, -0.15) is 5.10 Å². The quantitative estimate of drug-likeness (QED) is 0.656. The van der Waals surface area contributed by atoms with Crippen LogP contribution in [-0.2, 0) is 6.54 Å². The molecule has 0 aliphatic rings. The predicted octanol–water partition coefficient (Wildman–Crippen LogP) is 3.63. The largest absolute Gasteiger partial charge is 0.388 e. The van der Waals surface area contributed by atoms with E-state index in [1.165, 1.54) is 19.3 Å². The Balaban J connectivity index is 2.23. The molecule has 1 aromatic heterocycles. The minimum atomic E-state index is -1.05. The van der Waals surface area contributed by atoms with E-state index < -0.39 is 11.7 Å². The number of aliphatic hydroxyl groups excluding tert-OH is 1. The lowest BCUT2D eigenvalue weighted by Crippen LogP contribution is -2.42. The molecule has 3 unspecified atom stereocenters. The average molecular weight is 310 g/mol. The van der Waals surface area contributed by atoms with E-state index in [4.69, 9.17) is 0 Å². The van der Waals surface area contributed by atoms with Crippen molar-refractivity contribution < 1.29 is 10.2 Å². The summed E-state index contributed by atoms with van der Waals surface area (Å²) < 4.78 is 1.66. The zero-order valence-electron chi connectivity index (χ0n) is 14.7. The van der Waals surface area contributed by atoms with Crippen LogP contribution in [0.4, 0.5) is 0 Å². The highest BCUT2D eigenvalue weighted by atomic mass is 16.3. The van der Waals surface area contributed by atoms with Crippen LogP contribution in [0.5, 0.6) is 0 Å². The zero-order valence-corrected chi connectivity index (χ0v) is 14.7. The first-order valence-electron chi connectivity index (χ1n) is 8.69. The molecule has 0 amide bonds. The number of hydrogen-bond donors (Lipinski definition) is 2. The lowest BCUT2D eigenvalue weighted by Gasteiger charge is -2.29. The van der Waals surface area contributed by atoms with Crippen LogP contribution in [0.3, 0.4) is 0 Å². The van der Waals surface area contributed by atoms with Gasteiger partial charge in [0.1, 0.15) is 6.10 Å². The monoisotopic (exact) mass is 310 g/mol. The molecule has 3 atom stereocenters. The summed E-state index contributed by atoms with van der Waals surface area (Å²) in [7, 11) is 0. The van der Waals surface area contributed by atoms with Gasteiger partial charge in [0.05, 0.1) is 12.1 Å². The average Bonchev–Trinajstić information content (AvgIpc) is 2.90. The highest BCUT2D eigenvalue weighted by molar-refractivity contribution is 4.85. The van der Waals surface area contributed by atoms with Crippen LogP contribution >= 0.6 is 0 Å². The Morgan fingerprint density at radius 3 is 2.41 bits per heavy atom. The molecule has 1 aromatic rings. The maximum atomic E-state index is 10.5. The van der Waals surface area contributed by atoms with Gasteiger partial charge in [-0.3, -0.25) is 4.68 Å². The SMILES string of the molecule is CC(C)CCCC(C)CCCC(C)(O)C(O)Cn1cccn1. The molecule has 4 nitrogen and oxygen atoms in total. The Hall–Kier alpha value is -0.870. The minimum Gasteiger partial charge on any atom is -0.388 e. The third-order valence-electron chi connectivity index (χ3n) is 4.50. The van der Waals surface area contributed by atoms with E-state index in [-0.39, 0.29) is 0 Å². The van der Waals surface area contributed by atoms with Crippen molar-refractivity contribution in [3.63, 3.8) is 0 Å². The highest BCUT2D eigenvalue weighted by Crippen LogP contribution is 2.23. The summed E-state index contributed by atoms with van der Waals surface area (Å²) in [4.78, 5) is 0. The summed E-state index contributed by atoms with van der Waals surface area (Å²) in [5.41, 5.74) is -1.05. The zero-order chi connectivity index (χ0) is 16.6. The molecule has 0 radical (unpaired) electrons. The molecule has 0 bridgehead atoms. The lowest BCUT2D eigenvalue weighted by atomic mass is 9.89. The van der Waals surface area contributed by atoms with Gasteiger partial charge in [0.2, 0.25) is 0 Å². The van der Waals surface area contributed by atoms with Gasteiger partial charge in [-0.1, -0.05) is 52.9 Å². The van der Waals surface area contributed by atoms with Crippen molar-refractivity contribution in [3.8, 4) is 0 Å². The standard InChI is InChI=1S/C18H34N2O2/c1-15(2)8-5-9-16(3)10-6-11-18(4,22)17(21)14-20-13-7-12-19-20/h7,12-13,15-17,21-22H,5-6,8-11,14H2,1-4H3. The Morgan fingerprint density at radius 2 is 1.82 bits per heavy atom. The van der Waals surface area contributed by atoms with E-state index in [0.29, 0.717) is 18.9 Å². The normalized spacial score (nSPS) is 17.4. The number of rotatable bonds is 11. The summed E-state index contributed by atoms with van der Waals surface area (Å²) in [5, 5.41) is 24.7. The van der Waals surface area contributed by atoms with Crippen molar-refractivity contribution >= 4 is 0 Å². The molecule has 2 N–H and O–H groups in total. The third kappa shape index (κ3) is 7.41. The maximum absolute atomic E-state index is 10.5. The van der Waals surface area contributed by atoms with Crippen LogP contribution in [0.15, 0.2) is 18.5 Å². The van der Waals surface area contributed by atoms with Gasteiger partial charge in [-0.25, -0.2) is 0 Å². The smallest absolute Gasteiger partial charge is 0.102 e. The van der Waals surface area contributed by atoms with Gasteiger partial charge in [0, 0.05) is 12.4 Å². The molecule has 0 spiro atoms. The molecule has 0 fully saturated rings. The third-order valence-corrected chi connectivity index (χ3v) is 4.50. The Kier molecular flexibility index (Phi) is 8.12. The molecule has 1 heterocycles. The first kappa shape index (κ1) is 19.2. The second kappa shape index (κ2) is 9.31. The second-order valence-corrected chi connectivity index (χ2v) is 7.42. The summed E-state index contributed by atoms with van der Waals surface area (Å²) in [6.07, 6.45) is 9.23.